The Morgan fingerprint density at radius 2 is 1.86 bits per heavy atom. The second kappa shape index (κ2) is 9.87. The van der Waals surface area contributed by atoms with Crippen molar-refractivity contribution in [2.45, 2.75) is 74.8 Å². The normalized spacial score (nSPS) is 28.3. The first-order valence-electron chi connectivity index (χ1n) is 16.2. The van der Waals surface area contributed by atoms with Crippen LogP contribution in [0.15, 0.2) is 47.3 Å². The molecule has 2 aromatic heterocycles. The lowest BCUT2D eigenvalue weighted by Crippen LogP contribution is -2.51. The van der Waals surface area contributed by atoms with Crippen molar-refractivity contribution >= 4 is 27.5 Å². The number of anilines is 1. The van der Waals surface area contributed by atoms with E-state index in [9.17, 15) is 14.3 Å². The van der Waals surface area contributed by atoms with E-state index in [2.05, 4.69) is 15.1 Å². The molecule has 10 heteroatoms. The number of hydrogen-bond donors (Lipinski definition) is 2. The third-order valence-corrected chi connectivity index (χ3v) is 10.6. The van der Waals surface area contributed by atoms with Crippen LogP contribution in [0.5, 0.6) is 11.8 Å². The van der Waals surface area contributed by atoms with Gasteiger partial charge in [-0.05, 0) is 74.0 Å². The van der Waals surface area contributed by atoms with Gasteiger partial charge in [0.15, 0.2) is 0 Å². The standard InChI is InChI=1S/C34H37FN6O3/c35-21-15-34(10-3-11-40(34)16-21)19-44-33-37-28-14-29(27-13-25(42)12-20-4-1-2-5-26(20)27)41(24-8-9-24)32(43)30(28)31(38-33)39-17-22-6-7-23(18-39)36-22/h1-2,4-5,12-14,21-24,36,42H,3,6-11,15-19H2/t21-,22?,23?,34+/m1/s1. The minimum atomic E-state index is -0.844. The molecule has 4 saturated heterocycles. The average Bonchev–Trinajstić information content (AvgIpc) is 3.59. The molecule has 4 aliphatic heterocycles. The van der Waals surface area contributed by atoms with Gasteiger partial charge in [0.1, 0.15) is 29.7 Å². The molecule has 6 heterocycles. The van der Waals surface area contributed by atoms with Crippen LogP contribution < -0.4 is 20.5 Å². The molecule has 0 spiro atoms. The molecule has 5 fully saturated rings. The van der Waals surface area contributed by atoms with E-state index in [0.717, 1.165) is 80.2 Å². The molecule has 2 N–H and O–H groups in total. The quantitative estimate of drug-likeness (QED) is 0.335. The lowest BCUT2D eigenvalue weighted by molar-refractivity contribution is 0.107. The van der Waals surface area contributed by atoms with Crippen LogP contribution in [0.25, 0.3) is 32.9 Å². The SMILES string of the molecule is O=c1c2c(N3CC4CCC(C3)N4)nc(OC[C@@]34CCCN3C[C@H](F)C4)nc2cc(-c2cc(O)cc3ccccc23)n1C1CC1. The predicted molar refractivity (Wildman–Crippen MR) is 167 cm³/mol. The number of halogens is 1. The van der Waals surface area contributed by atoms with E-state index in [0.29, 0.717) is 48.4 Å². The highest BCUT2D eigenvalue weighted by Crippen LogP contribution is 2.43. The molecular weight excluding hydrogens is 559 g/mol. The largest absolute Gasteiger partial charge is 0.508 e. The van der Waals surface area contributed by atoms with Crippen molar-refractivity contribution in [1.82, 2.24) is 24.8 Å². The number of aromatic nitrogens is 3. The fraction of sp³-hybridized carbons (Fsp3) is 0.500. The van der Waals surface area contributed by atoms with Crippen LogP contribution in [0.1, 0.15) is 51.0 Å². The van der Waals surface area contributed by atoms with E-state index < -0.39 is 6.17 Å². The number of phenols is 1. The van der Waals surface area contributed by atoms with Crippen molar-refractivity contribution < 1.29 is 14.2 Å². The molecule has 228 valence electrons. The fourth-order valence-corrected chi connectivity index (χ4v) is 8.50. The third-order valence-electron chi connectivity index (χ3n) is 10.6. The Bertz CT molecular complexity index is 1850. The van der Waals surface area contributed by atoms with Crippen LogP contribution in [0.3, 0.4) is 0 Å². The van der Waals surface area contributed by atoms with Crippen molar-refractivity contribution in [1.29, 1.82) is 0 Å². The van der Waals surface area contributed by atoms with Gasteiger partial charge in [0.25, 0.3) is 5.56 Å². The monoisotopic (exact) mass is 596 g/mol. The first-order valence-corrected chi connectivity index (χ1v) is 16.2. The molecule has 5 aliphatic rings. The van der Waals surface area contributed by atoms with Crippen molar-refractivity contribution in [2.24, 2.45) is 0 Å². The first kappa shape index (κ1) is 26.6. The molecule has 0 radical (unpaired) electrons. The van der Waals surface area contributed by atoms with Crippen LogP contribution in [-0.4, -0.2) is 81.1 Å². The van der Waals surface area contributed by atoms with E-state index in [-0.39, 0.29) is 28.9 Å². The maximum atomic E-state index is 14.6. The molecule has 0 amide bonds. The van der Waals surface area contributed by atoms with E-state index in [1.807, 2.05) is 34.9 Å². The van der Waals surface area contributed by atoms with Crippen molar-refractivity contribution in [2.75, 3.05) is 37.7 Å². The molecule has 2 unspecified atom stereocenters. The number of phenolic OH excluding ortho intramolecular Hbond substituents is 1. The number of rotatable bonds is 6. The molecular formula is C34H37FN6O3. The van der Waals surface area contributed by atoms with Gasteiger partial charge in [-0.1, -0.05) is 24.3 Å². The molecule has 4 atom stereocenters. The zero-order valence-electron chi connectivity index (χ0n) is 24.7. The molecule has 4 aromatic rings. The number of nitrogens with zero attached hydrogens (tertiary/aromatic N) is 5. The predicted octanol–water partition coefficient (Wildman–Crippen LogP) is 4.55. The van der Waals surface area contributed by atoms with E-state index in [4.69, 9.17) is 14.7 Å². The van der Waals surface area contributed by atoms with Gasteiger partial charge < -0.3 is 24.6 Å². The Kier molecular flexibility index (Phi) is 5.97. The highest BCUT2D eigenvalue weighted by molar-refractivity contribution is 5.99. The van der Waals surface area contributed by atoms with Crippen LogP contribution in [-0.2, 0) is 0 Å². The number of piperazine rings is 1. The second-order valence-corrected chi connectivity index (χ2v) is 13.6. The van der Waals surface area contributed by atoms with Crippen LogP contribution in [0, 0.1) is 0 Å². The van der Waals surface area contributed by atoms with Gasteiger partial charge in [-0.25, -0.2) is 4.39 Å². The number of fused-ring (bicyclic) bond motifs is 5. The number of pyridine rings is 1. The van der Waals surface area contributed by atoms with Crippen LogP contribution in [0.2, 0.25) is 0 Å². The topological polar surface area (TPSA) is 95.8 Å². The van der Waals surface area contributed by atoms with Gasteiger partial charge in [0.2, 0.25) is 0 Å². The summed E-state index contributed by atoms with van der Waals surface area (Å²) in [5.41, 5.74) is 1.65. The molecule has 9 rings (SSSR count). The van der Waals surface area contributed by atoms with Gasteiger partial charge in [-0.15, -0.1) is 0 Å². The summed E-state index contributed by atoms with van der Waals surface area (Å²) in [4.78, 5) is 28.9. The minimum absolute atomic E-state index is 0.0921. The Labute approximate surface area is 254 Å². The molecule has 44 heavy (non-hydrogen) atoms. The van der Waals surface area contributed by atoms with Crippen molar-refractivity contribution in [3.63, 3.8) is 0 Å². The average molecular weight is 597 g/mol. The van der Waals surface area contributed by atoms with Gasteiger partial charge >= 0.3 is 6.01 Å². The van der Waals surface area contributed by atoms with E-state index >= 15 is 0 Å². The lowest BCUT2D eigenvalue weighted by atomic mass is 9.95. The summed E-state index contributed by atoms with van der Waals surface area (Å²) >= 11 is 0. The maximum absolute atomic E-state index is 14.6. The molecule has 9 nitrogen and oxygen atoms in total. The van der Waals surface area contributed by atoms with E-state index in [1.165, 1.54) is 0 Å². The third kappa shape index (κ3) is 4.29. The maximum Gasteiger partial charge on any atom is 0.319 e. The Hall–Kier alpha value is -3.76. The fourth-order valence-electron chi connectivity index (χ4n) is 8.50. The first-order chi connectivity index (χ1) is 21.4. The summed E-state index contributed by atoms with van der Waals surface area (Å²) in [5, 5.41) is 16.8. The number of nitrogens with one attached hydrogen (secondary N) is 1. The Morgan fingerprint density at radius 1 is 1.05 bits per heavy atom. The molecule has 1 saturated carbocycles. The molecule has 1 aliphatic carbocycles. The summed E-state index contributed by atoms with van der Waals surface area (Å²) < 4.78 is 22.8. The molecule has 2 aromatic carbocycles. The minimum Gasteiger partial charge on any atom is -0.508 e. The van der Waals surface area contributed by atoms with Gasteiger partial charge in [-0.3, -0.25) is 9.69 Å². The highest BCUT2D eigenvalue weighted by atomic mass is 19.1. The number of hydrogen-bond acceptors (Lipinski definition) is 8. The summed E-state index contributed by atoms with van der Waals surface area (Å²) in [6.45, 7) is 3.21. The van der Waals surface area contributed by atoms with Crippen molar-refractivity contribution in [3.05, 3.63) is 52.8 Å². The highest BCUT2D eigenvalue weighted by Gasteiger charge is 2.49. The number of alkyl halides is 1. The zero-order valence-corrected chi connectivity index (χ0v) is 24.7. The summed E-state index contributed by atoms with van der Waals surface area (Å²) in [6.07, 6.45) is 5.63. The summed E-state index contributed by atoms with van der Waals surface area (Å²) in [7, 11) is 0. The van der Waals surface area contributed by atoms with Crippen LogP contribution >= 0.6 is 0 Å². The smallest absolute Gasteiger partial charge is 0.319 e. The van der Waals surface area contributed by atoms with Gasteiger partial charge in [-0.2, -0.15) is 9.97 Å². The summed E-state index contributed by atoms with van der Waals surface area (Å²) in [5.74, 6) is 0.783. The molecule has 2 bridgehead atoms. The van der Waals surface area contributed by atoms with Crippen molar-refractivity contribution in [3.8, 4) is 23.0 Å². The number of ether oxygens (including phenoxy) is 1. The Morgan fingerprint density at radius 3 is 2.68 bits per heavy atom. The summed E-state index contributed by atoms with van der Waals surface area (Å²) in [6, 6.07) is 14.5. The number of benzene rings is 2. The number of aromatic hydroxyl groups is 1. The Balaban J connectivity index is 1.22. The zero-order chi connectivity index (χ0) is 29.6. The van der Waals surface area contributed by atoms with Crippen LogP contribution in [0.4, 0.5) is 10.2 Å². The van der Waals surface area contributed by atoms with E-state index in [1.54, 1.807) is 12.1 Å². The second-order valence-electron chi connectivity index (χ2n) is 13.6. The van der Waals surface area contributed by atoms with Gasteiger partial charge in [0, 0.05) is 49.7 Å². The van der Waals surface area contributed by atoms with Gasteiger partial charge in [0.05, 0.1) is 16.7 Å². The lowest BCUT2D eigenvalue weighted by Gasteiger charge is -2.34.